The molecule has 0 aliphatic carbocycles. The summed E-state index contributed by atoms with van der Waals surface area (Å²) in [6.07, 6.45) is 3.65. The summed E-state index contributed by atoms with van der Waals surface area (Å²) in [5, 5.41) is 11.6. The zero-order valence-electron chi connectivity index (χ0n) is 15.1. The van der Waals surface area contributed by atoms with E-state index in [0.717, 1.165) is 5.56 Å². The van der Waals surface area contributed by atoms with Crippen LogP contribution in [0.15, 0.2) is 42.5 Å². The van der Waals surface area contributed by atoms with E-state index in [-0.39, 0.29) is 5.69 Å². The largest absolute Gasteiger partial charge is 0.496 e. The molecule has 3 rings (SSSR count). The van der Waals surface area contributed by atoms with E-state index >= 15 is 0 Å². The molecule has 0 amide bonds. The van der Waals surface area contributed by atoms with Gasteiger partial charge in [0, 0.05) is 17.7 Å². The Morgan fingerprint density at radius 3 is 2.30 bits per heavy atom. The molecule has 0 atom stereocenters. The van der Waals surface area contributed by atoms with Crippen molar-refractivity contribution in [1.82, 2.24) is 4.98 Å². The van der Waals surface area contributed by atoms with E-state index < -0.39 is 4.92 Å². The van der Waals surface area contributed by atoms with Crippen LogP contribution in [0.5, 0.6) is 17.2 Å². The van der Waals surface area contributed by atoms with Crippen molar-refractivity contribution in [3.05, 3.63) is 63.8 Å². The minimum absolute atomic E-state index is 0.0390. The van der Waals surface area contributed by atoms with Gasteiger partial charge >= 0.3 is 0 Å². The van der Waals surface area contributed by atoms with Gasteiger partial charge < -0.3 is 14.2 Å². The summed E-state index contributed by atoms with van der Waals surface area (Å²) in [6, 6.07) is 11.8. The van der Waals surface area contributed by atoms with Gasteiger partial charge in [0.2, 0.25) is 0 Å². The number of hydrogen-bond donors (Lipinski definition) is 0. The highest BCUT2D eigenvalue weighted by atomic mass is 16.6. The molecule has 1 heterocycles. The second-order valence-electron chi connectivity index (χ2n) is 5.62. The highest BCUT2D eigenvalue weighted by molar-refractivity contribution is 5.89. The molecule has 138 valence electrons. The van der Waals surface area contributed by atoms with E-state index in [1.165, 1.54) is 6.07 Å². The molecule has 0 aliphatic heterocycles. The number of ether oxygens (including phenoxy) is 3. The van der Waals surface area contributed by atoms with Crippen molar-refractivity contribution in [3.63, 3.8) is 0 Å². The predicted octanol–water partition coefficient (Wildman–Crippen LogP) is 4.34. The van der Waals surface area contributed by atoms with Gasteiger partial charge in [-0.3, -0.25) is 10.1 Å². The Morgan fingerprint density at radius 1 is 0.926 bits per heavy atom. The number of pyridine rings is 1. The summed E-state index contributed by atoms with van der Waals surface area (Å²) >= 11 is 0. The number of nitrogens with zero attached hydrogens (tertiary/aromatic N) is 2. The average Bonchev–Trinajstić information content (AvgIpc) is 2.70. The normalized spacial score (nSPS) is 10.9. The summed E-state index contributed by atoms with van der Waals surface area (Å²) in [4.78, 5) is 15.2. The molecule has 7 nitrogen and oxygen atoms in total. The monoisotopic (exact) mass is 366 g/mol. The van der Waals surface area contributed by atoms with Crippen LogP contribution in [0.3, 0.4) is 0 Å². The van der Waals surface area contributed by atoms with E-state index in [0.29, 0.717) is 33.8 Å². The highest BCUT2D eigenvalue weighted by Gasteiger charge is 2.12. The standard InChI is InChI=1S/C20H18N2O5/c1-25-18-12-20(27-3)19(26-2)11-13(18)7-8-14-9-10-15-16(21-14)5-4-6-17(15)22(23)24/h4-12H,1-3H3/b8-7+. The molecule has 3 aromatic rings. The molecule has 27 heavy (non-hydrogen) atoms. The third kappa shape index (κ3) is 3.67. The predicted molar refractivity (Wildman–Crippen MR) is 103 cm³/mol. The molecular weight excluding hydrogens is 348 g/mol. The van der Waals surface area contributed by atoms with Crippen LogP contribution in [0.4, 0.5) is 5.69 Å². The molecule has 0 aliphatic rings. The van der Waals surface area contributed by atoms with Crippen molar-refractivity contribution in [2.75, 3.05) is 21.3 Å². The average molecular weight is 366 g/mol. The number of rotatable bonds is 6. The van der Waals surface area contributed by atoms with E-state index in [1.807, 2.05) is 12.2 Å². The number of nitro groups is 1. The molecule has 0 unspecified atom stereocenters. The lowest BCUT2D eigenvalue weighted by molar-refractivity contribution is -0.383. The molecule has 0 spiro atoms. The van der Waals surface area contributed by atoms with Crippen LogP contribution in [0, 0.1) is 10.1 Å². The summed E-state index contributed by atoms with van der Waals surface area (Å²) in [5.74, 6) is 1.78. The fourth-order valence-corrected chi connectivity index (χ4v) is 2.76. The molecular formula is C20H18N2O5. The first-order valence-electron chi connectivity index (χ1n) is 8.09. The Kier molecular flexibility index (Phi) is 5.21. The van der Waals surface area contributed by atoms with Gasteiger partial charge in [0.1, 0.15) is 5.75 Å². The Balaban J connectivity index is 2.00. The van der Waals surface area contributed by atoms with Gasteiger partial charge in [-0.1, -0.05) is 6.07 Å². The van der Waals surface area contributed by atoms with Crippen molar-refractivity contribution in [1.29, 1.82) is 0 Å². The SMILES string of the molecule is COc1cc(OC)c(OC)cc1/C=C/c1ccc2c([N+](=O)[O-])cccc2n1. The maximum absolute atomic E-state index is 11.1. The number of aromatic nitrogens is 1. The summed E-state index contributed by atoms with van der Waals surface area (Å²) in [7, 11) is 4.70. The molecule has 7 heteroatoms. The Hall–Kier alpha value is -3.61. The van der Waals surface area contributed by atoms with Crippen LogP contribution >= 0.6 is 0 Å². The number of fused-ring (bicyclic) bond motifs is 1. The number of hydrogen-bond acceptors (Lipinski definition) is 6. The third-order valence-corrected chi connectivity index (χ3v) is 4.10. The number of benzene rings is 2. The molecule has 0 N–H and O–H groups in total. The first-order chi connectivity index (χ1) is 13.1. The van der Waals surface area contributed by atoms with Gasteiger partial charge in [-0.2, -0.15) is 0 Å². The molecule has 0 bridgehead atoms. The van der Waals surface area contributed by atoms with Crippen molar-refractivity contribution in [3.8, 4) is 17.2 Å². The molecule has 0 radical (unpaired) electrons. The maximum atomic E-state index is 11.1. The highest BCUT2D eigenvalue weighted by Crippen LogP contribution is 2.35. The quantitative estimate of drug-likeness (QED) is 0.477. The van der Waals surface area contributed by atoms with E-state index in [9.17, 15) is 10.1 Å². The van der Waals surface area contributed by atoms with Crippen LogP contribution in [-0.2, 0) is 0 Å². The number of methoxy groups -OCH3 is 3. The van der Waals surface area contributed by atoms with E-state index in [4.69, 9.17) is 14.2 Å². The Labute approximate surface area is 156 Å². The maximum Gasteiger partial charge on any atom is 0.278 e. The van der Waals surface area contributed by atoms with Crippen molar-refractivity contribution in [2.24, 2.45) is 0 Å². The Bertz CT molecular complexity index is 1030. The van der Waals surface area contributed by atoms with Crippen molar-refractivity contribution >= 4 is 28.7 Å². The first-order valence-corrected chi connectivity index (χ1v) is 8.09. The fourth-order valence-electron chi connectivity index (χ4n) is 2.76. The van der Waals surface area contributed by atoms with Crippen LogP contribution < -0.4 is 14.2 Å². The molecule has 1 aromatic heterocycles. The van der Waals surface area contributed by atoms with Gasteiger partial charge in [-0.05, 0) is 36.4 Å². The molecule has 0 saturated heterocycles. The molecule has 0 fully saturated rings. The van der Waals surface area contributed by atoms with Crippen molar-refractivity contribution < 1.29 is 19.1 Å². The van der Waals surface area contributed by atoms with Gasteiger partial charge in [0.25, 0.3) is 5.69 Å². The molecule has 2 aromatic carbocycles. The summed E-state index contributed by atoms with van der Waals surface area (Å²) in [5.41, 5.74) is 2.05. The van der Waals surface area contributed by atoms with Gasteiger partial charge in [-0.25, -0.2) is 4.98 Å². The summed E-state index contributed by atoms with van der Waals surface area (Å²) < 4.78 is 16.0. The zero-order chi connectivity index (χ0) is 19.4. The molecule has 0 saturated carbocycles. The van der Waals surface area contributed by atoms with Gasteiger partial charge in [-0.15, -0.1) is 0 Å². The van der Waals surface area contributed by atoms with Crippen LogP contribution in [0.2, 0.25) is 0 Å². The van der Waals surface area contributed by atoms with Gasteiger partial charge in [0.15, 0.2) is 11.5 Å². The second-order valence-corrected chi connectivity index (χ2v) is 5.62. The third-order valence-electron chi connectivity index (χ3n) is 4.10. The van der Waals surface area contributed by atoms with Crippen LogP contribution in [-0.4, -0.2) is 31.2 Å². The lowest BCUT2D eigenvalue weighted by Crippen LogP contribution is -1.94. The van der Waals surface area contributed by atoms with E-state index in [1.54, 1.807) is 57.7 Å². The lowest BCUT2D eigenvalue weighted by Gasteiger charge is -2.12. The minimum Gasteiger partial charge on any atom is -0.496 e. The zero-order valence-corrected chi connectivity index (χ0v) is 15.1. The number of nitro benzene ring substituents is 1. The topological polar surface area (TPSA) is 83.7 Å². The van der Waals surface area contributed by atoms with Crippen molar-refractivity contribution in [2.45, 2.75) is 0 Å². The second kappa shape index (κ2) is 7.74. The first kappa shape index (κ1) is 18.2. The van der Waals surface area contributed by atoms with Crippen LogP contribution in [0.1, 0.15) is 11.3 Å². The lowest BCUT2D eigenvalue weighted by atomic mass is 10.1. The van der Waals surface area contributed by atoms with Gasteiger partial charge in [0.05, 0.1) is 42.8 Å². The van der Waals surface area contributed by atoms with Crippen LogP contribution in [0.25, 0.3) is 23.1 Å². The smallest absolute Gasteiger partial charge is 0.278 e. The minimum atomic E-state index is -0.409. The summed E-state index contributed by atoms with van der Waals surface area (Å²) in [6.45, 7) is 0. The fraction of sp³-hybridized carbons (Fsp3) is 0.150. The van der Waals surface area contributed by atoms with E-state index in [2.05, 4.69) is 4.98 Å². The Morgan fingerprint density at radius 2 is 1.63 bits per heavy atom. The number of non-ortho nitro benzene ring substituents is 1.